The van der Waals surface area contributed by atoms with Crippen LogP contribution in [0.4, 0.5) is 5.69 Å². The maximum atomic E-state index is 12.2. The number of thiophene rings is 1. The van der Waals surface area contributed by atoms with Gasteiger partial charge in [0.25, 0.3) is 5.91 Å². The van der Waals surface area contributed by atoms with Crippen LogP contribution in [0.2, 0.25) is 0 Å². The van der Waals surface area contributed by atoms with Gasteiger partial charge in [-0.25, -0.2) is 0 Å². The first-order chi connectivity index (χ1) is 10.1. The number of amides is 1. The molecule has 0 aromatic carbocycles. The fourth-order valence-corrected chi connectivity index (χ4v) is 3.29. The molecule has 0 atom stereocenters. The Morgan fingerprint density at radius 1 is 1.33 bits per heavy atom. The molecule has 2 aromatic rings. The molecule has 114 valence electrons. The highest BCUT2D eigenvalue weighted by Gasteiger charge is 2.20. The maximum absolute atomic E-state index is 12.2. The first-order valence-corrected chi connectivity index (χ1v) is 7.91. The van der Waals surface area contributed by atoms with Gasteiger partial charge in [0, 0.05) is 18.5 Å². The number of rotatable bonds is 6. The van der Waals surface area contributed by atoms with Crippen molar-refractivity contribution in [3.05, 3.63) is 16.1 Å². The zero-order valence-electron chi connectivity index (χ0n) is 12.3. The van der Waals surface area contributed by atoms with E-state index in [0.29, 0.717) is 28.4 Å². The molecule has 0 aliphatic heterocycles. The number of hydrogen-bond acceptors (Lipinski definition) is 6. The lowest BCUT2D eigenvalue weighted by Gasteiger charge is -2.06. The molecule has 0 aliphatic rings. The molecule has 2 rings (SSSR count). The van der Waals surface area contributed by atoms with Gasteiger partial charge in [0.05, 0.1) is 11.4 Å². The first-order valence-electron chi connectivity index (χ1n) is 7.09. The van der Waals surface area contributed by atoms with E-state index in [4.69, 9.17) is 10.8 Å². The van der Waals surface area contributed by atoms with Crippen LogP contribution in [0, 0.1) is 0 Å². The van der Waals surface area contributed by atoms with Crippen LogP contribution in [-0.4, -0.2) is 34.4 Å². The molecule has 1 amide bonds. The van der Waals surface area contributed by atoms with Crippen LogP contribution in [0.1, 0.15) is 41.2 Å². The molecule has 0 saturated heterocycles. The number of nitrogens with two attached hydrogens (primary N) is 1. The summed E-state index contributed by atoms with van der Waals surface area (Å²) in [5, 5.41) is 20.8. The molecule has 7 heteroatoms. The molecule has 0 fully saturated rings. The van der Waals surface area contributed by atoms with E-state index < -0.39 is 0 Å². The Morgan fingerprint density at radius 3 is 2.71 bits per heavy atom. The summed E-state index contributed by atoms with van der Waals surface area (Å²) in [6.07, 6.45) is 2.12. The van der Waals surface area contributed by atoms with Gasteiger partial charge in [0.2, 0.25) is 0 Å². The number of nitrogen functional groups attached to an aromatic ring is 1. The number of aliphatic hydroxyl groups excluding tert-OH is 1. The molecule has 0 bridgehead atoms. The Labute approximate surface area is 127 Å². The average Bonchev–Trinajstić information content (AvgIpc) is 2.83. The zero-order valence-corrected chi connectivity index (χ0v) is 13.1. The highest BCUT2D eigenvalue weighted by Crippen LogP contribution is 2.35. The smallest absolute Gasteiger partial charge is 0.263 e. The van der Waals surface area contributed by atoms with Gasteiger partial charge in [0.1, 0.15) is 9.71 Å². The molecule has 2 heterocycles. The molecule has 0 spiro atoms. The van der Waals surface area contributed by atoms with Gasteiger partial charge in [-0.15, -0.1) is 16.4 Å². The summed E-state index contributed by atoms with van der Waals surface area (Å²) in [7, 11) is 0. The van der Waals surface area contributed by atoms with Crippen molar-refractivity contribution in [1.82, 2.24) is 15.5 Å². The fourth-order valence-electron chi connectivity index (χ4n) is 2.30. The third-order valence-electron chi connectivity index (χ3n) is 3.35. The van der Waals surface area contributed by atoms with Crippen LogP contribution in [-0.2, 0) is 12.8 Å². The predicted octanol–water partition coefficient (Wildman–Crippen LogP) is 1.51. The standard InChI is InChI=1S/C14H20N4O2S/c1-3-8-9(4-2)17-18-14-10(8)11(15)12(21-14)13(20)16-6-5-7-19/h19H,3-7,15H2,1-2H3,(H,16,20). The molecular formula is C14H20N4O2S. The number of nitrogens with one attached hydrogen (secondary N) is 1. The minimum Gasteiger partial charge on any atom is -0.397 e. The second kappa shape index (κ2) is 6.82. The molecule has 0 unspecified atom stereocenters. The van der Waals surface area contributed by atoms with Crippen molar-refractivity contribution in [2.75, 3.05) is 18.9 Å². The number of aryl methyl sites for hydroxylation is 2. The quantitative estimate of drug-likeness (QED) is 0.702. The minimum absolute atomic E-state index is 0.0491. The van der Waals surface area contributed by atoms with E-state index in [1.165, 1.54) is 11.3 Å². The topological polar surface area (TPSA) is 101 Å². The largest absolute Gasteiger partial charge is 0.397 e. The zero-order chi connectivity index (χ0) is 15.4. The molecule has 0 saturated carbocycles. The number of nitrogens with zero attached hydrogens (tertiary/aromatic N) is 2. The first kappa shape index (κ1) is 15.7. The van der Waals surface area contributed by atoms with Crippen molar-refractivity contribution in [3.63, 3.8) is 0 Å². The summed E-state index contributed by atoms with van der Waals surface area (Å²) in [5.74, 6) is -0.218. The van der Waals surface area contributed by atoms with Gasteiger partial charge in [-0.3, -0.25) is 4.79 Å². The van der Waals surface area contributed by atoms with Crippen LogP contribution in [0.25, 0.3) is 10.2 Å². The van der Waals surface area contributed by atoms with E-state index in [2.05, 4.69) is 15.5 Å². The number of fused-ring (bicyclic) bond motifs is 1. The van der Waals surface area contributed by atoms with E-state index >= 15 is 0 Å². The molecular weight excluding hydrogens is 288 g/mol. The van der Waals surface area contributed by atoms with Gasteiger partial charge in [0.15, 0.2) is 0 Å². The van der Waals surface area contributed by atoms with Crippen LogP contribution >= 0.6 is 11.3 Å². The van der Waals surface area contributed by atoms with Crippen molar-refractivity contribution in [2.24, 2.45) is 0 Å². The Kier molecular flexibility index (Phi) is 5.08. The van der Waals surface area contributed by atoms with Gasteiger partial charge >= 0.3 is 0 Å². The lowest BCUT2D eigenvalue weighted by atomic mass is 10.1. The van der Waals surface area contributed by atoms with E-state index in [1.54, 1.807) is 0 Å². The lowest BCUT2D eigenvalue weighted by molar-refractivity contribution is 0.0956. The lowest BCUT2D eigenvalue weighted by Crippen LogP contribution is -2.24. The van der Waals surface area contributed by atoms with E-state index in [9.17, 15) is 4.79 Å². The summed E-state index contributed by atoms with van der Waals surface area (Å²) in [5.41, 5.74) is 8.67. The molecule has 0 aliphatic carbocycles. The molecule has 6 nitrogen and oxygen atoms in total. The summed E-state index contributed by atoms with van der Waals surface area (Å²) in [6, 6.07) is 0. The van der Waals surface area contributed by atoms with Crippen LogP contribution in [0.5, 0.6) is 0 Å². The van der Waals surface area contributed by atoms with Gasteiger partial charge in [-0.2, -0.15) is 5.10 Å². The minimum atomic E-state index is -0.218. The number of carbonyl (C=O) groups is 1. The number of carbonyl (C=O) groups excluding carboxylic acids is 1. The molecule has 2 aromatic heterocycles. The van der Waals surface area contributed by atoms with Crippen molar-refractivity contribution in [1.29, 1.82) is 0 Å². The van der Waals surface area contributed by atoms with Crippen molar-refractivity contribution >= 4 is 33.1 Å². The Balaban J connectivity index is 2.43. The van der Waals surface area contributed by atoms with Crippen LogP contribution < -0.4 is 11.1 Å². The van der Waals surface area contributed by atoms with Gasteiger partial charge in [-0.05, 0) is 24.8 Å². The second-order valence-electron chi connectivity index (χ2n) is 4.69. The number of aromatic nitrogens is 2. The summed E-state index contributed by atoms with van der Waals surface area (Å²) >= 11 is 1.27. The third-order valence-corrected chi connectivity index (χ3v) is 4.44. The van der Waals surface area contributed by atoms with Crippen LogP contribution in [0.15, 0.2) is 0 Å². The fraction of sp³-hybridized carbons (Fsp3) is 0.500. The Morgan fingerprint density at radius 2 is 2.10 bits per heavy atom. The predicted molar refractivity (Wildman–Crippen MR) is 84.6 cm³/mol. The molecule has 4 N–H and O–H groups in total. The van der Waals surface area contributed by atoms with Gasteiger partial charge in [-0.1, -0.05) is 13.8 Å². The monoisotopic (exact) mass is 308 g/mol. The number of hydrogen-bond donors (Lipinski definition) is 3. The van der Waals surface area contributed by atoms with Crippen molar-refractivity contribution in [2.45, 2.75) is 33.1 Å². The maximum Gasteiger partial charge on any atom is 0.263 e. The highest BCUT2D eigenvalue weighted by atomic mass is 32.1. The second-order valence-corrected chi connectivity index (χ2v) is 5.69. The molecule has 21 heavy (non-hydrogen) atoms. The highest BCUT2D eigenvalue weighted by molar-refractivity contribution is 7.21. The number of anilines is 1. The van der Waals surface area contributed by atoms with E-state index in [1.807, 2.05) is 13.8 Å². The van der Waals surface area contributed by atoms with Crippen molar-refractivity contribution in [3.8, 4) is 0 Å². The Hall–Kier alpha value is -1.73. The third kappa shape index (κ3) is 2.98. The van der Waals surface area contributed by atoms with Crippen molar-refractivity contribution < 1.29 is 9.90 Å². The average molecular weight is 308 g/mol. The summed E-state index contributed by atoms with van der Waals surface area (Å²) in [4.78, 5) is 13.3. The normalized spacial score (nSPS) is 11.0. The molecule has 0 radical (unpaired) electrons. The van der Waals surface area contributed by atoms with Crippen LogP contribution in [0.3, 0.4) is 0 Å². The van der Waals surface area contributed by atoms with E-state index in [0.717, 1.165) is 29.5 Å². The summed E-state index contributed by atoms with van der Waals surface area (Å²) < 4.78 is 0. The van der Waals surface area contributed by atoms with Gasteiger partial charge < -0.3 is 16.2 Å². The summed E-state index contributed by atoms with van der Waals surface area (Å²) in [6.45, 7) is 4.55. The Bertz CT molecular complexity index is 654. The van der Waals surface area contributed by atoms with E-state index in [-0.39, 0.29) is 12.5 Å². The SMILES string of the molecule is CCc1nnc2sc(C(=O)NCCCO)c(N)c2c1CC. The number of aliphatic hydroxyl groups is 1.